The summed E-state index contributed by atoms with van der Waals surface area (Å²) in [7, 11) is 0. The molecule has 0 spiro atoms. The molecule has 4 rings (SSSR count). The van der Waals surface area contributed by atoms with Crippen molar-refractivity contribution in [2.24, 2.45) is 0 Å². The van der Waals surface area contributed by atoms with E-state index in [4.69, 9.17) is 0 Å². The molecule has 1 aromatic rings. The van der Waals surface area contributed by atoms with Gasteiger partial charge in [-0.3, -0.25) is 9.36 Å². The molecule has 2 heterocycles. The molecule has 0 aromatic carbocycles. The van der Waals surface area contributed by atoms with Crippen molar-refractivity contribution in [2.75, 3.05) is 18.0 Å². The maximum absolute atomic E-state index is 12.5. The van der Waals surface area contributed by atoms with Crippen molar-refractivity contribution in [2.45, 2.75) is 80.8 Å². The van der Waals surface area contributed by atoms with Gasteiger partial charge in [0.1, 0.15) is 0 Å². The van der Waals surface area contributed by atoms with E-state index in [1.807, 2.05) is 6.92 Å². The van der Waals surface area contributed by atoms with Crippen molar-refractivity contribution in [1.29, 1.82) is 0 Å². The second kappa shape index (κ2) is 6.94. The molecule has 1 N–H and O–H groups in total. The number of amides is 1. The number of hydrogen-bond donors (Lipinski definition) is 1. The van der Waals surface area contributed by atoms with Crippen LogP contribution < -0.4 is 10.2 Å². The van der Waals surface area contributed by atoms with Crippen LogP contribution in [0.1, 0.15) is 64.3 Å². The lowest BCUT2D eigenvalue weighted by molar-refractivity contribution is -0.120. The van der Waals surface area contributed by atoms with Gasteiger partial charge in [0.15, 0.2) is 5.16 Å². The first kappa shape index (κ1) is 16.2. The zero-order chi connectivity index (χ0) is 16.5. The normalized spacial score (nSPS) is 23.0. The predicted octanol–water partition coefficient (Wildman–Crippen LogP) is 2.75. The number of aromatic nitrogens is 3. The largest absolute Gasteiger partial charge is 0.352 e. The smallest absolute Gasteiger partial charge is 0.233 e. The Labute approximate surface area is 147 Å². The van der Waals surface area contributed by atoms with E-state index in [0.29, 0.717) is 12.1 Å². The first-order valence-corrected chi connectivity index (χ1v) is 10.3. The third-order valence-electron chi connectivity index (χ3n) is 5.30. The minimum atomic E-state index is -0.126. The molecule has 2 aliphatic carbocycles. The Kier molecular flexibility index (Phi) is 4.70. The Hall–Kier alpha value is -1.24. The minimum absolute atomic E-state index is 0.126. The molecule has 1 amide bonds. The van der Waals surface area contributed by atoms with Crippen LogP contribution >= 0.6 is 11.8 Å². The number of carbonyl (C=O) groups is 1. The van der Waals surface area contributed by atoms with Crippen molar-refractivity contribution < 1.29 is 4.79 Å². The van der Waals surface area contributed by atoms with Crippen molar-refractivity contribution >= 4 is 23.6 Å². The highest BCUT2D eigenvalue weighted by Crippen LogP contribution is 2.42. The molecule has 1 aliphatic heterocycles. The molecule has 1 atom stereocenters. The van der Waals surface area contributed by atoms with Crippen LogP contribution in [0, 0.1) is 0 Å². The number of nitrogens with zero attached hydrogens (tertiary/aromatic N) is 4. The fourth-order valence-electron chi connectivity index (χ4n) is 3.74. The molecular weight excluding hydrogens is 322 g/mol. The summed E-state index contributed by atoms with van der Waals surface area (Å²) in [4.78, 5) is 14.8. The van der Waals surface area contributed by atoms with E-state index in [-0.39, 0.29) is 11.2 Å². The zero-order valence-electron chi connectivity index (χ0n) is 14.4. The number of carbonyl (C=O) groups excluding carboxylic acids is 1. The third-order valence-corrected chi connectivity index (χ3v) is 6.36. The van der Waals surface area contributed by atoms with Crippen LogP contribution in [-0.2, 0) is 4.79 Å². The summed E-state index contributed by atoms with van der Waals surface area (Å²) < 4.78 is 2.29. The second-order valence-electron chi connectivity index (χ2n) is 7.33. The predicted molar refractivity (Wildman–Crippen MR) is 95.5 cm³/mol. The topological polar surface area (TPSA) is 63.1 Å². The van der Waals surface area contributed by atoms with Crippen molar-refractivity contribution in [3.8, 4) is 0 Å². The first-order chi connectivity index (χ1) is 11.7. The zero-order valence-corrected chi connectivity index (χ0v) is 15.2. The highest BCUT2D eigenvalue weighted by Gasteiger charge is 2.33. The Morgan fingerprint density at radius 1 is 1.12 bits per heavy atom. The lowest BCUT2D eigenvalue weighted by atomic mass is 10.2. The molecular formula is C17H27N5OS. The summed E-state index contributed by atoms with van der Waals surface area (Å²) in [6, 6.07) is 0.908. The summed E-state index contributed by atoms with van der Waals surface area (Å²) in [5.41, 5.74) is 0. The van der Waals surface area contributed by atoms with Crippen molar-refractivity contribution in [3.63, 3.8) is 0 Å². The lowest BCUT2D eigenvalue weighted by Crippen LogP contribution is -2.37. The monoisotopic (exact) mass is 349 g/mol. The Bertz CT molecular complexity index is 588. The number of thioether (sulfide) groups is 1. The number of nitrogens with one attached hydrogen (secondary N) is 1. The van der Waals surface area contributed by atoms with E-state index in [0.717, 1.165) is 37.0 Å². The number of hydrogen-bond acceptors (Lipinski definition) is 5. The quantitative estimate of drug-likeness (QED) is 0.800. The molecule has 7 heteroatoms. The van der Waals surface area contributed by atoms with Crippen LogP contribution in [0.15, 0.2) is 5.16 Å². The van der Waals surface area contributed by atoms with Crippen LogP contribution in [0.25, 0.3) is 0 Å². The van der Waals surface area contributed by atoms with Gasteiger partial charge < -0.3 is 10.2 Å². The van der Waals surface area contributed by atoms with E-state index in [1.54, 1.807) is 11.8 Å². The summed E-state index contributed by atoms with van der Waals surface area (Å²) in [5, 5.41) is 12.9. The summed E-state index contributed by atoms with van der Waals surface area (Å²) in [6.45, 7) is 4.14. The Morgan fingerprint density at radius 3 is 2.50 bits per heavy atom. The van der Waals surface area contributed by atoms with E-state index in [1.165, 1.54) is 38.5 Å². The van der Waals surface area contributed by atoms with E-state index in [9.17, 15) is 4.79 Å². The third kappa shape index (κ3) is 3.41. The molecule has 0 bridgehead atoms. The molecule has 1 aromatic heterocycles. The molecule has 0 radical (unpaired) electrons. The van der Waals surface area contributed by atoms with E-state index < -0.39 is 0 Å². The fourth-order valence-corrected chi connectivity index (χ4v) is 4.66. The van der Waals surface area contributed by atoms with Crippen LogP contribution in [-0.4, -0.2) is 45.1 Å². The molecule has 24 heavy (non-hydrogen) atoms. The van der Waals surface area contributed by atoms with Gasteiger partial charge in [-0.25, -0.2) is 0 Å². The molecule has 1 saturated heterocycles. The Balaban J connectivity index is 1.44. The van der Waals surface area contributed by atoms with Gasteiger partial charge in [0.2, 0.25) is 11.9 Å². The standard InChI is InChI=1S/C17H27N5OS/c1-12(15(23)18-13-6-2-3-7-13)24-17-20-19-16(21-10-4-5-11-21)22(17)14-8-9-14/h12-14H,2-11H2,1H3,(H,18,23)/t12-/m0/s1. The van der Waals surface area contributed by atoms with Gasteiger partial charge in [0, 0.05) is 25.2 Å². The first-order valence-electron chi connectivity index (χ1n) is 9.39. The maximum atomic E-state index is 12.5. The van der Waals surface area contributed by atoms with Gasteiger partial charge in [0.25, 0.3) is 0 Å². The molecule has 132 valence electrons. The van der Waals surface area contributed by atoms with Crippen molar-refractivity contribution in [1.82, 2.24) is 20.1 Å². The van der Waals surface area contributed by atoms with Gasteiger partial charge in [-0.2, -0.15) is 0 Å². The van der Waals surface area contributed by atoms with Gasteiger partial charge in [-0.15, -0.1) is 10.2 Å². The number of anilines is 1. The van der Waals surface area contributed by atoms with Crippen LogP contribution in [0.4, 0.5) is 5.95 Å². The van der Waals surface area contributed by atoms with Gasteiger partial charge in [0.05, 0.1) is 5.25 Å². The van der Waals surface area contributed by atoms with E-state index in [2.05, 4.69) is 25.0 Å². The highest BCUT2D eigenvalue weighted by molar-refractivity contribution is 8.00. The van der Waals surface area contributed by atoms with Gasteiger partial charge in [-0.1, -0.05) is 24.6 Å². The summed E-state index contributed by atoms with van der Waals surface area (Å²) >= 11 is 1.56. The second-order valence-corrected chi connectivity index (χ2v) is 8.64. The SMILES string of the molecule is C[C@H](Sc1nnc(N2CCCC2)n1C1CC1)C(=O)NC1CCCC1. The van der Waals surface area contributed by atoms with E-state index >= 15 is 0 Å². The molecule has 3 aliphatic rings. The molecule has 0 unspecified atom stereocenters. The molecule has 2 saturated carbocycles. The highest BCUT2D eigenvalue weighted by atomic mass is 32.2. The summed E-state index contributed by atoms with van der Waals surface area (Å²) in [5.74, 6) is 1.15. The number of rotatable bonds is 6. The lowest BCUT2D eigenvalue weighted by Gasteiger charge is -2.19. The average Bonchev–Trinajstić information content (AvgIpc) is 3.01. The Morgan fingerprint density at radius 2 is 1.83 bits per heavy atom. The van der Waals surface area contributed by atoms with Crippen molar-refractivity contribution in [3.05, 3.63) is 0 Å². The van der Waals surface area contributed by atoms with Gasteiger partial charge >= 0.3 is 0 Å². The van der Waals surface area contributed by atoms with Gasteiger partial charge in [-0.05, 0) is 45.4 Å². The van der Waals surface area contributed by atoms with Crippen LogP contribution in [0.5, 0.6) is 0 Å². The summed E-state index contributed by atoms with van der Waals surface area (Å²) in [6.07, 6.45) is 9.61. The maximum Gasteiger partial charge on any atom is 0.233 e. The minimum Gasteiger partial charge on any atom is -0.352 e. The fraction of sp³-hybridized carbons (Fsp3) is 0.824. The van der Waals surface area contributed by atoms with Crippen LogP contribution in [0.3, 0.4) is 0 Å². The molecule has 6 nitrogen and oxygen atoms in total. The molecule has 3 fully saturated rings. The average molecular weight is 350 g/mol. The van der Waals surface area contributed by atoms with Crippen LogP contribution in [0.2, 0.25) is 0 Å².